The normalized spacial score (nSPS) is 10.5. The first-order chi connectivity index (χ1) is 12.9. The van der Waals surface area contributed by atoms with Crippen molar-refractivity contribution >= 4 is 34.8 Å². The molecule has 0 aliphatic carbocycles. The molecule has 3 aromatic rings. The third kappa shape index (κ3) is 4.54. The monoisotopic (exact) mass is 382 g/mol. The fourth-order valence-corrected chi connectivity index (χ4v) is 2.87. The van der Waals surface area contributed by atoms with Crippen molar-refractivity contribution < 1.29 is 9.59 Å². The van der Waals surface area contributed by atoms with Crippen LogP contribution in [0.25, 0.3) is 0 Å². The molecule has 0 saturated heterocycles. The second-order valence-corrected chi connectivity index (χ2v) is 6.52. The molecular formula is C20H19ClN4O2. The van der Waals surface area contributed by atoms with Crippen LogP contribution in [0.5, 0.6) is 0 Å². The molecule has 0 atom stereocenters. The summed E-state index contributed by atoms with van der Waals surface area (Å²) in [4.78, 5) is 25.0. The number of aromatic nitrogens is 2. The molecule has 0 aliphatic heterocycles. The second kappa shape index (κ2) is 8.05. The minimum absolute atomic E-state index is 0.000922. The summed E-state index contributed by atoms with van der Waals surface area (Å²) in [7, 11) is 1.76. The smallest absolute Gasteiger partial charge is 0.244 e. The molecule has 1 amide bonds. The summed E-state index contributed by atoms with van der Waals surface area (Å²) < 4.78 is 1.60. The maximum atomic E-state index is 12.8. The lowest BCUT2D eigenvalue weighted by Crippen LogP contribution is -2.23. The SMILES string of the molecule is Cc1cc(NC(=O)CNc2ccc(Cl)cc2C(=O)c2ccccc2)n(C)n1. The minimum atomic E-state index is -0.244. The van der Waals surface area contributed by atoms with Crippen LogP contribution in [0.15, 0.2) is 54.6 Å². The van der Waals surface area contributed by atoms with Gasteiger partial charge in [0.05, 0.1) is 12.2 Å². The molecule has 0 spiro atoms. The highest BCUT2D eigenvalue weighted by Gasteiger charge is 2.15. The Morgan fingerprint density at radius 3 is 2.52 bits per heavy atom. The van der Waals surface area contributed by atoms with Gasteiger partial charge < -0.3 is 10.6 Å². The van der Waals surface area contributed by atoms with Crippen molar-refractivity contribution in [3.05, 3.63) is 76.4 Å². The van der Waals surface area contributed by atoms with Crippen LogP contribution in [0.2, 0.25) is 5.02 Å². The van der Waals surface area contributed by atoms with Crippen LogP contribution in [0, 0.1) is 6.92 Å². The number of carbonyl (C=O) groups is 2. The van der Waals surface area contributed by atoms with E-state index in [0.29, 0.717) is 27.7 Å². The summed E-state index contributed by atoms with van der Waals surface area (Å²) in [5, 5.41) is 10.4. The third-order valence-electron chi connectivity index (χ3n) is 3.97. The van der Waals surface area contributed by atoms with Crippen LogP contribution in [-0.2, 0) is 11.8 Å². The zero-order chi connectivity index (χ0) is 19.4. The Bertz CT molecular complexity index is 983. The highest BCUT2D eigenvalue weighted by atomic mass is 35.5. The van der Waals surface area contributed by atoms with Crippen LogP contribution < -0.4 is 10.6 Å². The number of nitrogens with one attached hydrogen (secondary N) is 2. The molecule has 2 aromatic carbocycles. The van der Waals surface area contributed by atoms with Crippen LogP contribution in [0.4, 0.5) is 11.5 Å². The van der Waals surface area contributed by atoms with Crippen molar-refractivity contribution in [2.45, 2.75) is 6.92 Å². The predicted molar refractivity (Wildman–Crippen MR) is 106 cm³/mol. The number of amides is 1. The number of carbonyl (C=O) groups excluding carboxylic acids is 2. The van der Waals surface area contributed by atoms with E-state index < -0.39 is 0 Å². The zero-order valence-electron chi connectivity index (χ0n) is 15.0. The maximum Gasteiger partial charge on any atom is 0.244 e. The van der Waals surface area contributed by atoms with Gasteiger partial charge in [-0.2, -0.15) is 5.10 Å². The molecule has 27 heavy (non-hydrogen) atoms. The first kappa shape index (κ1) is 18.7. The lowest BCUT2D eigenvalue weighted by Gasteiger charge is -2.12. The van der Waals surface area contributed by atoms with Crippen molar-refractivity contribution in [3.8, 4) is 0 Å². The van der Waals surface area contributed by atoms with Crippen molar-refractivity contribution in [2.75, 3.05) is 17.2 Å². The number of aryl methyl sites for hydroxylation is 2. The average molecular weight is 383 g/mol. The largest absolute Gasteiger partial charge is 0.376 e. The molecule has 0 saturated carbocycles. The van der Waals surface area contributed by atoms with Crippen LogP contribution >= 0.6 is 11.6 Å². The molecule has 0 fully saturated rings. The van der Waals surface area contributed by atoms with E-state index in [2.05, 4.69) is 15.7 Å². The summed E-state index contributed by atoms with van der Waals surface area (Å²) in [6, 6.07) is 15.7. The Balaban J connectivity index is 1.74. The van der Waals surface area contributed by atoms with Gasteiger partial charge in [0.15, 0.2) is 5.78 Å². The quantitative estimate of drug-likeness (QED) is 0.638. The van der Waals surface area contributed by atoms with Gasteiger partial charge in [0.2, 0.25) is 5.91 Å². The van der Waals surface area contributed by atoms with Crippen LogP contribution in [-0.4, -0.2) is 28.0 Å². The number of benzene rings is 2. The molecule has 2 N–H and O–H groups in total. The molecule has 0 unspecified atom stereocenters. The highest BCUT2D eigenvalue weighted by molar-refractivity contribution is 6.31. The molecule has 1 aromatic heterocycles. The first-order valence-electron chi connectivity index (χ1n) is 8.37. The van der Waals surface area contributed by atoms with Crippen molar-refractivity contribution in [3.63, 3.8) is 0 Å². The molecule has 0 radical (unpaired) electrons. The van der Waals surface area contributed by atoms with Crippen LogP contribution in [0.3, 0.4) is 0 Å². The van der Waals surface area contributed by atoms with Gasteiger partial charge in [0, 0.05) is 35.0 Å². The number of ketones is 1. The fraction of sp³-hybridized carbons (Fsp3) is 0.150. The van der Waals surface area contributed by atoms with E-state index in [0.717, 1.165) is 5.69 Å². The topological polar surface area (TPSA) is 76.0 Å². The lowest BCUT2D eigenvalue weighted by atomic mass is 10.0. The number of rotatable bonds is 6. The van der Waals surface area contributed by atoms with Gasteiger partial charge in [-0.3, -0.25) is 14.3 Å². The molecule has 0 aliphatic rings. The van der Waals surface area contributed by atoms with E-state index in [9.17, 15) is 9.59 Å². The Morgan fingerprint density at radius 2 is 1.85 bits per heavy atom. The van der Waals surface area contributed by atoms with E-state index in [-0.39, 0.29) is 18.2 Å². The van der Waals surface area contributed by atoms with Crippen molar-refractivity contribution in [2.24, 2.45) is 7.05 Å². The zero-order valence-corrected chi connectivity index (χ0v) is 15.7. The van der Waals surface area contributed by atoms with Gasteiger partial charge >= 0.3 is 0 Å². The van der Waals surface area contributed by atoms with Gasteiger partial charge in [-0.05, 0) is 25.1 Å². The highest BCUT2D eigenvalue weighted by Crippen LogP contribution is 2.23. The standard InChI is InChI=1S/C20H19ClN4O2/c1-13-10-18(25(2)24-13)23-19(26)12-22-17-9-8-15(21)11-16(17)20(27)14-6-4-3-5-7-14/h3-11,22H,12H2,1-2H3,(H,23,26). The van der Waals surface area contributed by atoms with E-state index in [1.54, 1.807) is 60.3 Å². The van der Waals surface area contributed by atoms with Crippen molar-refractivity contribution in [1.29, 1.82) is 0 Å². The molecule has 7 heteroatoms. The van der Waals surface area contributed by atoms with Gasteiger partial charge in [-0.15, -0.1) is 0 Å². The van der Waals surface area contributed by atoms with Gasteiger partial charge in [0.25, 0.3) is 0 Å². The summed E-state index contributed by atoms with van der Waals surface area (Å²) >= 11 is 6.07. The van der Waals surface area contributed by atoms with E-state index in [1.807, 2.05) is 13.0 Å². The summed E-state index contributed by atoms with van der Waals surface area (Å²) in [6.45, 7) is 1.85. The Kier molecular flexibility index (Phi) is 5.57. The second-order valence-electron chi connectivity index (χ2n) is 6.08. The van der Waals surface area contributed by atoms with E-state index in [4.69, 9.17) is 11.6 Å². The van der Waals surface area contributed by atoms with E-state index in [1.165, 1.54) is 0 Å². The summed E-state index contributed by atoms with van der Waals surface area (Å²) in [6.07, 6.45) is 0. The molecule has 3 rings (SSSR count). The first-order valence-corrected chi connectivity index (χ1v) is 8.75. The Morgan fingerprint density at radius 1 is 1.11 bits per heavy atom. The summed E-state index contributed by atoms with van der Waals surface area (Å²) in [5.41, 5.74) is 2.33. The lowest BCUT2D eigenvalue weighted by molar-refractivity contribution is -0.114. The van der Waals surface area contributed by atoms with Crippen LogP contribution in [0.1, 0.15) is 21.6 Å². The predicted octanol–water partition coefficient (Wildman–Crippen LogP) is 3.66. The third-order valence-corrected chi connectivity index (χ3v) is 4.21. The molecule has 138 valence electrons. The fourth-order valence-electron chi connectivity index (χ4n) is 2.69. The minimum Gasteiger partial charge on any atom is -0.376 e. The summed E-state index contributed by atoms with van der Waals surface area (Å²) in [5.74, 6) is 0.199. The average Bonchev–Trinajstić information content (AvgIpc) is 2.97. The van der Waals surface area contributed by atoms with Gasteiger partial charge in [0.1, 0.15) is 5.82 Å². The van der Waals surface area contributed by atoms with Gasteiger partial charge in [-0.25, -0.2) is 0 Å². The van der Waals surface area contributed by atoms with Crippen molar-refractivity contribution in [1.82, 2.24) is 9.78 Å². The number of hydrogen-bond acceptors (Lipinski definition) is 4. The number of hydrogen-bond donors (Lipinski definition) is 2. The molecule has 6 nitrogen and oxygen atoms in total. The van der Waals surface area contributed by atoms with E-state index >= 15 is 0 Å². The maximum absolute atomic E-state index is 12.8. The molecule has 0 bridgehead atoms. The number of halogens is 1. The number of nitrogens with zero attached hydrogens (tertiary/aromatic N) is 2. The Hall–Kier alpha value is -3.12. The molecular weight excluding hydrogens is 364 g/mol. The number of anilines is 2. The Labute approximate surface area is 162 Å². The molecule has 1 heterocycles. The van der Waals surface area contributed by atoms with Gasteiger partial charge in [-0.1, -0.05) is 41.9 Å².